The number of piperidine rings is 1. The molecule has 1 aliphatic rings. The lowest BCUT2D eigenvalue weighted by atomic mass is 9.99. The van der Waals surface area contributed by atoms with Gasteiger partial charge in [0.15, 0.2) is 5.76 Å². The summed E-state index contributed by atoms with van der Waals surface area (Å²) < 4.78 is 11.1. The summed E-state index contributed by atoms with van der Waals surface area (Å²) in [6.07, 6.45) is 3.57. The van der Waals surface area contributed by atoms with E-state index in [2.05, 4.69) is 13.0 Å². The third-order valence-electron chi connectivity index (χ3n) is 4.37. The topological polar surface area (TPSA) is 66.5 Å². The van der Waals surface area contributed by atoms with Crippen LogP contribution in [0.3, 0.4) is 0 Å². The molecule has 1 fully saturated rings. The Morgan fingerprint density at radius 2 is 2.17 bits per heavy atom. The van der Waals surface area contributed by atoms with E-state index >= 15 is 0 Å². The first-order valence-electron chi connectivity index (χ1n) is 8.16. The highest BCUT2D eigenvalue weighted by molar-refractivity contribution is 5.93. The van der Waals surface area contributed by atoms with Crippen molar-refractivity contribution in [2.45, 2.75) is 26.4 Å². The summed E-state index contributed by atoms with van der Waals surface area (Å²) in [6.45, 7) is 3.98. The number of likely N-dealkylation sites (tertiary alicyclic amines) is 1. The van der Waals surface area contributed by atoms with Crippen LogP contribution in [-0.2, 0) is 6.61 Å². The van der Waals surface area contributed by atoms with Crippen molar-refractivity contribution in [3.05, 3.63) is 53.5 Å². The Bertz CT molecular complexity index is 752. The standard InChI is InChI=1S/C19H20N2O3/c1-14-5-8-21(9-6-14)19(22)18-16(7-10-23-18)13-24-17-4-2-3-15(11-17)12-20/h2-4,7,10-11,14H,5-6,8-9,13H2,1H3. The van der Waals surface area contributed by atoms with Crippen molar-refractivity contribution in [3.63, 3.8) is 0 Å². The molecule has 0 aliphatic carbocycles. The van der Waals surface area contributed by atoms with E-state index in [4.69, 9.17) is 14.4 Å². The molecular formula is C19H20N2O3. The molecule has 1 aromatic carbocycles. The second kappa shape index (κ2) is 7.22. The summed E-state index contributed by atoms with van der Waals surface area (Å²) in [7, 11) is 0. The molecule has 2 aromatic rings. The molecule has 24 heavy (non-hydrogen) atoms. The van der Waals surface area contributed by atoms with Gasteiger partial charge in [0.1, 0.15) is 12.4 Å². The number of nitriles is 1. The summed E-state index contributed by atoms with van der Waals surface area (Å²) in [5.74, 6) is 1.54. The largest absolute Gasteiger partial charge is 0.489 e. The van der Waals surface area contributed by atoms with Crippen LogP contribution in [-0.4, -0.2) is 23.9 Å². The van der Waals surface area contributed by atoms with Gasteiger partial charge in [-0.3, -0.25) is 4.79 Å². The Morgan fingerprint density at radius 1 is 1.38 bits per heavy atom. The zero-order valence-corrected chi connectivity index (χ0v) is 13.7. The first kappa shape index (κ1) is 16.1. The molecule has 0 N–H and O–H groups in total. The Kier molecular flexibility index (Phi) is 4.85. The smallest absolute Gasteiger partial charge is 0.289 e. The number of carbonyl (C=O) groups is 1. The zero-order valence-electron chi connectivity index (χ0n) is 13.7. The van der Waals surface area contributed by atoms with Gasteiger partial charge in [0.2, 0.25) is 0 Å². The highest BCUT2D eigenvalue weighted by Gasteiger charge is 2.25. The molecule has 0 atom stereocenters. The normalized spacial score (nSPS) is 15.1. The highest BCUT2D eigenvalue weighted by atomic mass is 16.5. The zero-order chi connectivity index (χ0) is 16.9. The summed E-state index contributed by atoms with van der Waals surface area (Å²) in [6, 6.07) is 10.8. The van der Waals surface area contributed by atoms with E-state index in [0.29, 0.717) is 23.0 Å². The third kappa shape index (κ3) is 3.60. The Morgan fingerprint density at radius 3 is 2.92 bits per heavy atom. The lowest BCUT2D eigenvalue weighted by molar-refractivity contribution is 0.0661. The Labute approximate surface area is 141 Å². The average molecular weight is 324 g/mol. The lowest BCUT2D eigenvalue weighted by Gasteiger charge is -2.29. The number of nitrogens with zero attached hydrogens (tertiary/aromatic N) is 2. The molecule has 2 heterocycles. The predicted molar refractivity (Wildman–Crippen MR) is 88.5 cm³/mol. The van der Waals surface area contributed by atoms with Gasteiger partial charge in [-0.15, -0.1) is 0 Å². The van der Waals surface area contributed by atoms with E-state index < -0.39 is 0 Å². The van der Waals surface area contributed by atoms with Gasteiger partial charge in [0.05, 0.1) is 17.9 Å². The molecular weight excluding hydrogens is 304 g/mol. The van der Waals surface area contributed by atoms with E-state index in [-0.39, 0.29) is 12.5 Å². The monoisotopic (exact) mass is 324 g/mol. The van der Waals surface area contributed by atoms with Crippen LogP contribution >= 0.6 is 0 Å². The van der Waals surface area contributed by atoms with E-state index in [1.165, 1.54) is 6.26 Å². The van der Waals surface area contributed by atoms with E-state index in [1.807, 2.05) is 4.90 Å². The fourth-order valence-corrected chi connectivity index (χ4v) is 2.81. The van der Waals surface area contributed by atoms with Gasteiger partial charge in [-0.1, -0.05) is 13.0 Å². The number of carbonyl (C=O) groups excluding carboxylic acids is 1. The third-order valence-corrected chi connectivity index (χ3v) is 4.37. The summed E-state index contributed by atoms with van der Waals surface area (Å²) in [4.78, 5) is 14.5. The predicted octanol–water partition coefficient (Wildman–Crippen LogP) is 3.60. The summed E-state index contributed by atoms with van der Waals surface area (Å²) >= 11 is 0. The Hall–Kier alpha value is -2.74. The van der Waals surface area contributed by atoms with Crippen molar-refractivity contribution < 1.29 is 13.9 Å². The number of benzene rings is 1. The van der Waals surface area contributed by atoms with Gasteiger partial charge in [-0.2, -0.15) is 5.26 Å². The first-order valence-corrected chi connectivity index (χ1v) is 8.16. The van der Waals surface area contributed by atoms with Crippen LogP contribution in [0.15, 0.2) is 41.0 Å². The molecule has 3 rings (SSSR count). The van der Waals surface area contributed by atoms with Gasteiger partial charge < -0.3 is 14.1 Å². The molecule has 5 heteroatoms. The van der Waals surface area contributed by atoms with Crippen LogP contribution in [0.25, 0.3) is 0 Å². The maximum absolute atomic E-state index is 12.6. The second-order valence-corrected chi connectivity index (χ2v) is 6.18. The van der Waals surface area contributed by atoms with E-state index in [1.54, 1.807) is 30.3 Å². The van der Waals surface area contributed by atoms with Crippen LogP contribution in [0.5, 0.6) is 5.75 Å². The van der Waals surface area contributed by atoms with Crippen LogP contribution < -0.4 is 4.74 Å². The molecule has 0 bridgehead atoms. The quantitative estimate of drug-likeness (QED) is 0.862. The summed E-state index contributed by atoms with van der Waals surface area (Å²) in [5.41, 5.74) is 1.26. The van der Waals surface area contributed by atoms with Crippen molar-refractivity contribution in [1.82, 2.24) is 4.90 Å². The number of furan rings is 1. The van der Waals surface area contributed by atoms with Crippen molar-refractivity contribution in [2.24, 2.45) is 5.92 Å². The van der Waals surface area contributed by atoms with Crippen molar-refractivity contribution in [1.29, 1.82) is 5.26 Å². The molecule has 0 saturated carbocycles. The van der Waals surface area contributed by atoms with Crippen LogP contribution in [0.1, 0.15) is 41.4 Å². The molecule has 124 valence electrons. The fourth-order valence-electron chi connectivity index (χ4n) is 2.81. The minimum absolute atomic E-state index is 0.0729. The average Bonchev–Trinajstić information content (AvgIpc) is 3.09. The molecule has 1 amide bonds. The van der Waals surface area contributed by atoms with Crippen molar-refractivity contribution in [3.8, 4) is 11.8 Å². The second-order valence-electron chi connectivity index (χ2n) is 6.18. The molecule has 1 saturated heterocycles. The number of rotatable bonds is 4. The number of hydrogen-bond acceptors (Lipinski definition) is 4. The maximum Gasteiger partial charge on any atom is 0.289 e. The molecule has 5 nitrogen and oxygen atoms in total. The van der Waals surface area contributed by atoms with Gasteiger partial charge in [0, 0.05) is 18.7 Å². The van der Waals surface area contributed by atoms with E-state index in [0.717, 1.165) is 31.5 Å². The first-order chi connectivity index (χ1) is 11.7. The SMILES string of the molecule is CC1CCN(C(=O)c2occc2COc2cccc(C#N)c2)CC1. The Balaban J connectivity index is 1.66. The van der Waals surface area contributed by atoms with Crippen molar-refractivity contribution >= 4 is 5.91 Å². The minimum Gasteiger partial charge on any atom is -0.489 e. The number of ether oxygens (including phenoxy) is 1. The maximum atomic E-state index is 12.6. The van der Waals surface area contributed by atoms with Crippen LogP contribution in [0, 0.1) is 17.2 Å². The fraction of sp³-hybridized carbons (Fsp3) is 0.368. The molecule has 0 spiro atoms. The highest BCUT2D eigenvalue weighted by Crippen LogP contribution is 2.22. The van der Waals surface area contributed by atoms with Crippen molar-refractivity contribution in [2.75, 3.05) is 13.1 Å². The molecule has 0 unspecified atom stereocenters. The molecule has 1 aliphatic heterocycles. The molecule has 1 aromatic heterocycles. The van der Waals surface area contributed by atoms with Gasteiger partial charge in [0.25, 0.3) is 5.91 Å². The number of hydrogen-bond donors (Lipinski definition) is 0. The minimum atomic E-state index is -0.0729. The molecule has 0 radical (unpaired) electrons. The summed E-state index contributed by atoms with van der Waals surface area (Å²) in [5, 5.41) is 8.92. The van der Waals surface area contributed by atoms with E-state index in [9.17, 15) is 4.79 Å². The lowest BCUT2D eigenvalue weighted by Crippen LogP contribution is -2.38. The number of amides is 1. The van der Waals surface area contributed by atoms with Gasteiger partial charge in [-0.25, -0.2) is 0 Å². The van der Waals surface area contributed by atoms with Gasteiger partial charge >= 0.3 is 0 Å². The van der Waals surface area contributed by atoms with Crippen LogP contribution in [0.2, 0.25) is 0 Å². The van der Waals surface area contributed by atoms with Crippen LogP contribution in [0.4, 0.5) is 0 Å². The van der Waals surface area contributed by atoms with Gasteiger partial charge in [-0.05, 0) is 43.0 Å².